The molecule has 0 saturated carbocycles. The summed E-state index contributed by atoms with van der Waals surface area (Å²) in [4.78, 5) is 10.7. The molecule has 0 aliphatic heterocycles. The Morgan fingerprint density at radius 2 is 2.25 bits per heavy atom. The van der Waals surface area contributed by atoms with E-state index in [9.17, 15) is 4.79 Å². The lowest BCUT2D eigenvalue weighted by Gasteiger charge is -2.28. The number of carbonyl (C=O) groups excluding carboxylic acids is 1. The third-order valence-corrected chi connectivity index (χ3v) is 1.51. The minimum atomic E-state index is -1.08. The van der Waals surface area contributed by atoms with Crippen LogP contribution >= 0.6 is 0 Å². The molecule has 70 valence electrons. The first-order valence-electron chi connectivity index (χ1n) is 3.58. The van der Waals surface area contributed by atoms with Crippen LogP contribution in [0.15, 0.2) is 12.7 Å². The number of aliphatic hydroxyl groups excluding tert-OH is 2. The zero-order chi connectivity index (χ0) is 9.78. The number of aliphatic hydroxyl groups is 2. The first-order valence-corrected chi connectivity index (χ1v) is 3.58. The third-order valence-electron chi connectivity index (χ3n) is 1.51. The molecule has 0 aliphatic rings. The van der Waals surface area contributed by atoms with Crippen molar-refractivity contribution in [2.75, 3.05) is 6.61 Å². The predicted octanol–water partition coefficient (Wildman–Crippen LogP) is -0.153. The zero-order valence-corrected chi connectivity index (χ0v) is 7.28. The normalized spacial score (nSPS) is 13.7. The topological polar surface area (TPSA) is 66.8 Å². The van der Waals surface area contributed by atoms with Crippen LogP contribution in [0.25, 0.3) is 0 Å². The Labute approximate surface area is 71.5 Å². The molecule has 12 heavy (non-hydrogen) atoms. The lowest BCUT2D eigenvalue weighted by molar-refractivity contribution is -0.164. The van der Waals surface area contributed by atoms with Gasteiger partial charge in [0.15, 0.2) is 0 Å². The molecule has 0 aromatic carbocycles. The van der Waals surface area contributed by atoms with Crippen molar-refractivity contribution in [2.24, 2.45) is 0 Å². The summed E-state index contributed by atoms with van der Waals surface area (Å²) < 4.78 is 4.77. The highest BCUT2D eigenvalue weighted by atomic mass is 16.6. The highest BCUT2D eigenvalue weighted by molar-refractivity contribution is 5.81. The summed E-state index contributed by atoms with van der Waals surface area (Å²) in [6.07, 6.45) is -0.0762. The van der Waals surface area contributed by atoms with Crippen LogP contribution in [0.5, 0.6) is 0 Å². The van der Waals surface area contributed by atoms with Crippen molar-refractivity contribution in [3.63, 3.8) is 0 Å². The van der Waals surface area contributed by atoms with Crippen molar-refractivity contribution in [1.82, 2.24) is 0 Å². The minimum absolute atomic E-state index is 0.447. The van der Waals surface area contributed by atoms with Gasteiger partial charge in [-0.1, -0.05) is 6.58 Å². The molecule has 0 radical (unpaired) electrons. The molecule has 0 aromatic rings. The molecule has 0 aliphatic carbocycles. The number of hydrogen-bond donors (Lipinski definition) is 2. The van der Waals surface area contributed by atoms with Crippen molar-refractivity contribution >= 4 is 5.97 Å². The van der Waals surface area contributed by atoms with Gasteiger partial charge in [-0.2, -0.15) is 0 Å². The van der Waals surface area contributed by atoms with Gasteiger partial charge in [-0.05, 0) is 13.8 Å². The van der Waals surface area contributed by atoms with Gasteiger partial charge >= 0.3 is 5.97 Å². The smallest absolute Gasteiger partial charge is 0.330 e. The van der Waals surface area contributed by atoms with Crippen LogP contribution in [0.4, 0.5) is 0 Å². The monoisotopic (exact) mass is 174 g/mol. The second kappa shape index (κ2) is 4.23. The minimum Gasteiger partial charge on any atom is -0.454 e. The zero-order valence-electron chi connectivity index (χ0n) is 7.28. The van der Waals surface area contributed by atoms with E-state index in [1.54, 1.807) is 0 Å². The van der Waals surface area contributed by atoms with E-state index in [1.165, 1.54) is 13.8 Å². The van der Waals surface area contributed by atoms with E-state index in [1.807, 2.05) is 0 Å². The summed E-state index contributed by atoms with van der Waals surface area (Å²) in [7, 11) is 0. The molecule has 0 fully saturated rings. The van der Waals surface area contributed by atoms with E-state index in [4.69, 9.17) is 14.9 Å². The second-order valence-corrected chi connectivity index (χ2v) is 2.93. The van der Waals surface area contributed by atoms with Crippen molar-refractivity contribution in [3.8, 4) is 0 Å². The van der Waals surface area contributed by atoms with Crippen molar-refractivity contribution < 1.29 is 19.7 Å². The standard InChI is InChI=1S/C8H14O4/c1-4-7(11)12-8(2,3)6(10)5-9/h4,6,9-10H,1,5H2,2-3H3. The molecule has 0 rings (SSSR count). The van der Waals surface area contributed by atoms with Crippen LogP contribution in [0.3, 0.4) is 0 Å². The summed E-state index contributed by atoms with van der Waals surface area (Å²) in [5.41, 5.74) is -1.08. The summed E-state index contributed by atoms with van der Waals surface area (Å²) in [5.74, 6) is -0.618. The van der Waals surface area contributed by atoms with Gasteiger partial charge in [-0.25, -0.2) is 4.79 Å². The highest BCUT2D eigenvalue weighted by Crippen LogP contribution is 2.14. The Morgan fingerprint density at radius 1 is 1.75 bits per heavy atom. The van der Waals surface area contributed by atoms with E-state index in [0.717, 1.165) is 6.08 Å². The fraction of sp³-hybridized carbons (Fsp3) is 0.625. The quantitative estimate of drug-likeness (QED) is 0.459. The molecule has 2 N–H and O–H groups in total. The number of rotatable bonds is 4. The van der Waals surface area contributed by atoms with Crippen LogP contribution in [0.1, 0.15) is 13.8 Å². The van der Waals surface area contributed by atoms with E-state index >= 15 is 0 Å². The Morgan fingerprint density at radius 3 is 2.58 bits per heavy atom. The van der Waals surface area contributed by atoms with E-state index in [0.29, 0.717) is 0 Å². The average molecular weight is 174 g/mol. The molecule has 1 atom stereocenters. The molecule has 0 aromatic heterocycles. The average Bonchev–Trinajstić information content (AvgIpc) is 2.02. The molecule has 0 amide bonds. The fourth-order valence-electron chi connectivity index (χ4n) is 0.589. The number of ether oxygens (including phenoxy) is 1. The predicted molar refractivity (Wildman–Crippen MR) is 43.5 cm³/mol. The van der Waals surface area contributed by atoms with Gasteiger partial charge in [0, 0.05) is 6.08 Å². The van der Waals surface area contributed by atoms with Gasteiger partial charge in [-0.3, -0.25) is 0 Å². The molecule has 0 spiro atoms. The summed E-state index contributed by atoms with van der Waals surface area (Å²) >= 11 is 0. The summed E-state index contributed by atoms with van der Waals surface area (Å²) in [5, 5.41) is 17.8. The van der Waals surface area contributed by atoms with Crippen LogP contribution in [-0.2, 0) is 9.53 Å². The first-order chi connectivity index (χ1) is 5.44. The molecule has 0 bridgehead atoms. The van der Waals surface area contributed by atoms with Gasteiger partial charge < -0.3 is 14.9 Å². The van der Waals surface area contributed by atoms with Crippen LogP contribution in [-0.4, -0.2) is 34.5 Å². The van der Waals surface area contributed by atoms with Crippen LogP contribution < -0.4 is 0 Å². The summed E-state index contributed by atoms with van der Waals surface area (Å²) in [6, 6.07) is 0. The Kier molecular flexibility index (Phi) is 3.92. The Balaban J connectivity index is 4.20. The number of esters is 1. The Hall–Kier alpha value is -0.870. The van der Waals surface area contributed by atoms with Crippen LogP contribution in [0.2, 0.25) is 0 Å². The molecule has 1 unspecified atom stereocenters. The van der Waals surface area contributed by atoms with E-state index < -0.39 is 24.3 Å². The maximum atomic E-state index is 10.7. The molecule has 4 heteroatoms. The van der Waals surface area contributed by atoms with Gasteiger partial charge in [0.1, 0.15) is 11.7 Å². The lowest BCUT2D eigenvalue weighted by atomic mass is 10.0. The van der Waals surface area contributed by atoms with E-state index in [2.05, 4.69) is 6.58 Å². The van der Waals surface area contributed by atoms with E-state index in [-0.39, 0.29) is 0 Å². The molecular formula is C8H14O4. The Bertz CT molecular complexity index is 174. The largest absolute Gasteiger partial charge is 0.454 e. The summed E-state index contributed by atoms with van der Waals surface area (Å²) in [6.45, 7) is 5.78. The first kappa shape index (κ1) is 11.1. The fourth-order valence-corrected chi connectivity index (χ4v) is 0.589. The van der Waals surface area contributed by atoms with Gasteiger partial charge in [0.05, 0.1) is 6.61 Å². The molecule has 0 saturated heterocycles. The molecule has 0 heterocycles. The lowest BCUT2D eigenvalue weighted by Crippen LogP contribution is -2.42. The van der Waals surface area contributed by atoms with Gasteiger partial charge in [0.25, 0.3) is 0 Å². The van der Waals surface area contributed by atoms with Crippen molar-refractivity contribution in [2.45, 2.75) is 25.6 Å². The van der Waals surface area contributed by atoms with Gasteiger partial charge in [0.2, 0.25) is 0 Å². The number of carbonyl (C=O) groups is 1. The SMILES string of the molecule is C=CC(=O)OC(C)(C)C(O)CO. The highest BCUT2D eigenvalue weighted by Gasteiger charge is 2.30. The third kappa shape index (κ3) is 3.02. The van der Waals surface area contributed by atoms with Crippen molar-refractivity contribution in [1.29, 1.82) is 0 Å². The number of hydrogen-bond acceptors (Lipinski definition) is 4. The van der Waals surface area contributed by atoms with Gasteiger partial charge in [-0.15, -0.1) is 0 Å². The maximum Gasteiger partial charge on any atom is 0.330 e. The maximum absolute atomic E-state index is 10.7. The van der Waals surface area contributed by atoms with Crippen LogP contribution in [0, 0.1) is 0 Å². The molecular weight excluding hydrogens is 160 g/mol. The molecule has 4 nitrogen and oxygen atoms in total. The second-order valence-electron chi connectivity index (χ2n) is 2.93. The van der Waals surface area contributed by atoms with Crippen molar-refractivity contribution in [3.05, 3.63) is 12.7 Å².